The van der Waals surface area contributed by atoms with E-state index in [0.717, 1.165) is 23.3 Å². The van der Waals surface area contributed by atoms with Gasteiger partial charge in [0.05, 0.1) is 18.6 Å². The molecule has 0 aromatic heterocycles. The highest BCUT2D eigenvalue weighted by Crippen LogP contribution is 2.35. The zero-order valence-electron chi connectivity index (χ0n) is 21.1. The van der Waals surface area contributed by atoms with Crippen LogP contribution in [0.15, 0.2) is 77.7 Å². The fourth-order valence-corrected chi connectivity index (χ4v) is 5.07. The molecular weight excluding hydrogens is 520 g/mol. The van der Waals surface area contributed by atoms with Crippen LogP contribution in [0.25, 0.3) is 6.08 Å². The number of benzene rings is 3. The Bertz CT molecular complexity index is 1330. The maximum Gasteiger partial charge on any atom is 0.266 e. The Hall–Kier alpha value is -3.82. The minimum absolute atomic E-state index is 0.110. The standard InChI is InChI=1S/C29H28N2O5S2/c1-3-35-23-12-10-22(11-13-23)30-27(32)19-36-24-14-9-21(17-25(24)34-2)18-26-28(33)31(29(37)38-26)16-15-20-7-5-4-6-8-20/h4-14,17-18H,3,15-16,19H2,1-2H3,(H,30,32)/b26-18-. The third-order valence-electron chi connectivity index (χ3n) is 5.63. The van der Waals surface area contributed by atoms with Gasteiger partial charge in [-0.25, -0.2) is 0 Å². The molecule has 7 nitrogen and oxygen atoms in total. The molecule has 2 amide bonds. The van der Waals surface area contributed by atoms with Gasteiger partial charge in [-0.3, -0.25) is 14.5 Å². The van der Waals surface area contributed by atoms with Gasteiger partial charge in [-0.1, -0.05) is 60.4 Å². The van der Waals surface area contributed by atoms with Crippen molar-refractivity contribution in [2.75, 3.05) is 32.2 Å². The van der Waals surface area contributed by atoms with Crippen LogP contribution in [-0.2, 0) is 16.0 Å². The number of carbonyl (C=O) groups excluding carboxylic acids is 2. The first-order chi connectivity index (χ1) is 18.5. The SMILES string of the molecule is CCOc1ccc(NC(=O)COc2ccc(/C=C3\SC(=S)N(CCc4ccccc4)C3=O)cc2OC)cc1. The average molecular weight is 549 g/mol. The lowest BCUT2D eigenvalue weighted by Crippen LogP contribution is -2.30. The smallest absolute Gasteiger partial charge is 0.266 e. The summed E-state index contributed by atoms with van der Waals surface area (Å²) in [4.78, 5) is 27.5. The largest absolute Gasteiger partial charge is 0.494 e. The van der Waals surface area contributed by atoms with Crippen LogP contribution in [0.3, 0.4) is 0 Å². The van der Waals surface area contributed by atoms with Gasteiger partial charge in [0.25, 0.3) is 11.8 Å². The Morgan fingerprint density at radius 3 is 2.50 bits per heavy atom. The van der Waals surface area contributed by atoms with Gasteiger partial charge in [0.2, 0.25) is 0 Å². The van der Waals surface area contributed by atoms with Gasteiger partial charge < -0.3 is 19.5 Å². The first-order valence-electron chi connectivity index (χ1n) is 12.1. The molecule has 4 rings (SSSR count). The van der Waals surface area contributed by atoms with Crippen molar-refractivity contribution in [3.05, 3.63) is 88.8 Å². The first-order valence-corrected chi connectivity index (χ1v) is 13.3. The summed E-state index contributed by atoms with van der Waals surface area (Å²) in [5.41, 5.74) is 2.56. The summed E-state index contributed by atoms with van der Waals surface area (Å²) in [5, 5.41) is 2.79. The number of carbonyl (C=O) groups is 2. The number of ether oxygens (including phenoxy) is 3. The molecule has 0 bridgehead atoms. The summed E-state index contributed by atoms with van der Waals surface area (Å²) < 4.78 is 17.1. The number of thioether (sulfide) groups is 1. The van der Waals surface area contributed by atoms with Gasteiger partial charge in [-0.05, 0) is 66.9 Å². The minimum Gasteiger partial charge on any atom is -0.494 e. The van der Waals surface area contributed by atoms with Crippen molar-refractivity contribution < 1.29 is 23.8 Å². The summed E-state index contributed by atoms with van der Waals surface area (Å²) >= 11 is 6.74. The van der Waals surface area contributed by atoms with Crippen molar-refractivity contribution >= 4 is 51.9 Å². The lowest BCUT2D eigenvalue weighted by atomic mass is 10.1. The average Bonchev–Trinajstić information content (AvgIpc) is 3.19. The molecule has 1 aliphatic rings. The second kappa shape index (κ2) is 13.1. The van der Waals surface area contributed by atoms with E-state index >= 15 is 0 Å². The molecule has 1 fully saturated rings. The number of anilines is 1. The molecule has 1 heterocycles. The van der Waals surface area contributed by atoms with Gasteiger partial charge in [0.1, 0.15) is 10.1 Å². The molecule has 3 aromatic carbocycles. The minimum atomic E-state index is -0.306. The third kappa shape index (κ3) is 7.14. The molecule has 38 heavy (non-hydrogen) atoms. The molecule has 0 unspecified atom stereocenters. The van der Waals surface area contributed by atoms with Crippen LogP contribution in [0.5, 0.6) is 17.2 Å². The molecule has 0 atom stereocenters. The molecule has 9 heteroatoms. The number of methoxy groups -OCH3 is 1. The number of hydrogen-bond donors (Lipinski definition) is 1. The quantitative estimate of drug-likeness (QED) is 0.249. The molecule has 0 aliphatic carbocycles. The molecular formula is C29H28N2O5S2. The van der Waals surface area contributed by atoms with Crippen LogP contribution in [0.4, 0.5) is 5.69 Å². The Labute approximate surface area is 231 Å². The Morgan fingerprint density at radius 1 is 1.03 bits per heavy atom. The number of nitrogens with one attached hydrogen (secondary N) is 1. The summed E-state index contributed by atoms with van der Waals surface area (Å²) in [6.07, 6.45) is 2.51. The monoisotopic (exact) mass is 548 g/mol. The van der Waals surface area contributed by atoms with Crippen LogP contribution < -0.4 is 19.5 Å². The van der Waals surface area contributed by atoms with E-state index in [1.54, 1.807) is 53.4 Å². The normalized spacial score (nSPS) is 14.1. The van der Waals surface area contributed by atoms with E-state index in [2.05, 4.69) is 5.32 Å². The fourth-order valence-electron chi connectivity index (χ4n) is 3.76. The Kier molecular flexibility index (Phi) is 9.40. The summed E-state index contributed by atoms with van der Waals surface area (Å²) in [6, 6.07) is 22.4. The van der Waals surface area contributed by atoms with Gasteiger partial charge in [0, 0.05) is 12.2 Å². The summed E-state index contributed by atoms with van der Waals surface area (Å²) in [5.74, 6) is 1.19. The van der Waals surface area contributed by atoms with Crippen molar-refractivity contribution in [1.29, 1.82) is 0 Å². The van der Waals surface area contributed by atoms with E-state index in [-0.39, 0.29) is 18.4 Å². The summed E-state index contributed by atoms with van der Waals surface area (Å²) in [6.45, 7) is 2.83. The van der Waals surface area contributed by atoms with Crippen molar-refractivity contribution in [3.8, 4) is 17.2 Å². The van der Waals surface area contributed by atoms with Gasteiger partial charge in [-0.15, -0.1) is 0 Å². The number of hydrogen-bond acceptors (Lipinski definition) is 7. The number of amides is 2. The van der Waals surface area contributed by atoms with E-state index < -0.39 is 0 Å². The first kappa shape index (κ1) is 27.2. The van der Waals surface area contributed by atoms with E-state index in [1.165, 1.54) is 18.9 Å². The lowest BCUT2D eigenvalue weighted by molar-refractivity contribution is -0.122. The summed E-state index contributed by atoms with van der Waals surface area (Å²) in [7, 11) is 1.52. The van der Waals surface area contributed by atoms with E-state index in [0.29, 0.717) is 39.6 Å². The highest BCUT2D eigenvalue weighted by Gasteiger charge is 2.31. The third-order valence-corrected chi connectivity index (χ3v) is 7.01. The lowest BCUT2D eigenvalue weighted by Gasteiger charge is -2.14. The molecule has 1 saturated heterocycles. The highest BCUT2D eigenvalue weighted by molar-refractivity contribution is 8.26. The highest BCUT2D eigenvalue weighted by atomic mass is 32.2. The van der Waals surface area contributed by atoms with Crippen molar-refractivity contribution in [1.82, 2.24) is 4.90 Å². The Balaban J connectivity index is 1.35. The number of thiocarbonyl (C=S) groups is 1. The van der Waals surface area contributed by atoms with Crippen LogP contribution in [0, 0.1) is 0 Å². The van der Waals surface area contributed by atoms with Crippen molar-refractivity contribution in [3.63, 3.8) is 0 Å². The molecule has 0 spiro atoms. The fraction of sp³-hybridized carbons (Fsp3) is 0.207. The molecule has 0 saturated carbocycles. The van der Waals surface area contributed by atoms with E-state index in [4.69, 9.17) is 26.4 Å². The van der Waals surface area contributed by atoms with E-state index in [9.17, 15) is 9.59 Å². The molecule has 1 aliphatic heterocycles. The van der Waals surface area contributed by atoms with E-state index in [1.807, 2.05) is 37.3 Å². The van der Waals surface area contributed by atoms with Gasteiger partial charge >= 0.3 is 0 Å². The number of nitrogens with zero attached hydrogens (tertiary/aromatic N) is 1. The molecule has 0 radical (unpaired) electrons. The molecule has 1 N–H and O–H groups in total. The van der Waals surface area contributed by atoms with Crippen LogP contribution >= 0.6 is 24.0 Å². The van der Waals surface area contributed by atoms with Crippen molar-refractivity contribution in [2.45, 2.75) is 13.3 Å². The zero-order chi connectivity index (χ0) is 26.9. The van der Waals surface area contributed by atoms with Gasteiger partial charge in [-0.2, -0.15) is 0 Å². The van der Waals surface area contributed by atoms with Gasteiger partial charge in [0.15, 0.2) is 18.1 Å². The van der Waals surface area contributed by atoms with Crippen molar-refractivity contribution in [2.24, 2.45) is 0 Å². The maximum atomic E-state index is 13.0. The molecule has 3 aromatic rings. The molecule has 196 valence electrons. The van der Waals surface area contributed by atoms with Crippen LogP contribution in [0.1, 0.15) is 18.1 Å². The van der Waals surface area contributed by atoms with Crippen LogP contribution in [0.2, 0.25) is 0 Å². The topological polar surface area (TPSA) is 77.1 Å². The zero-order valence-corrected chi connectivity index (χ0v) is 22.8. The second-order valence-electron chi connectivity index (χ2n) is 8.27. The maximum absolute atomic E-state index is 13.0. The predicted molar refractivity (Wildman–Crippen MR) is 155 cm³/mol. The Morgan fingerprint density at radius 2 is 1.79 bits per heavy atom. The second-order valence-corrected chi connectivity index (χ2v) is 9.95. The van der Waals surface area contributed by atoms with Crippen LogP contribution in [-0.4, -0.2) is 47.9 Å². The predicted octanol–water partition coefficient (Wildman–Crippen LogP) is 5.56. The number of rotatable bonds is 11.